The van der Waals surface area contributed by atoms with Gasteiger partial charge >= 0.3 is 0 Å². The minimum atomic E-state index is 0.148. The van der Waals surface area contributed by atoms with Crippen molar-refractivity contribution in [3.05, 3.63) is 71.8 Å². The Balaban J connectivity index is 1.29. The molecule has 1 saturated heterocycles. The van der Waals surface area contributed by atoms with Crippen LogP contribution < -0.4 is 0 Å². The average molecular weight is 310 g/mol. The summed E-state index contributed by atoms with van der Waals surface area (Å²) < 4.78 is 17.9. The van der Waals surface area contributed by atoms with Gasteiger partial charge in [-0.05, 0) is 11.1 Å². The normalized spacial score (nSPS) is 29.0. The molecule has 2 fully saturated rings. The Morgan fingerprint density at radius 1 is 0.783 bits per heavy atom. The van der Waals surface area contributed by atoms with Crippen LogP contribution in [0.4, 0.5) is 0 Å². The molecule has 4 atom stereocenters. The number of epoxide rings is 1. The molecule has 1 heterocycles. The van der Waals surface area contributed by atoms with Crippen molar-refractivity contribution in [1.29, 1.82) is 0 Å². The van der Waals surface area contributed by atoms with Crippen LogP contribution in [-0.2, 0) is 27.4 Å². The van der Waals surface area contributed by atoms with Crippen molar-refractivity contribution in [1.82, 2.24) is 0 Å². The van der Waals surface area contributed by atoms with Gasteiger partial charge in [0.15, 0.2) is 0 Å². The van der Waals surface area contributed by atoms with Crippen LogP contribution in [0.2, 0.25) is 0 Å². The Morgan fingerprint density at radius 3 is 2.04 bits per heavy atom. The summed E-state index contributed by atoms with van der Waals surface area (Å²) in [6, 6.07) is 20.6. The van der Waals surface area contributed by atoms with Gasteiger partial charge in [0, 0.05) is 12.8 Å². The third kappa shape index (κ3) is 3.81. The van der Waals surface area contributed by atoms with Crippen molar-refractivity contribution in [2.45, 2.75) is 50.5 Å². The quantitative estimate of drug-likeness (QED) is 0.762. The molecule has 0 N–H and O–H groups in total. The maximum Gasteiger partial charge on any atom is 0.110 e. The van der Waals surface area contributed by atoms with E-state index in [4.69, 9.17) is 14.2 Å². The second kappa shape index (κ2) is 6.83. The van der Waals surface area contributed by atoms with Gasteiger partial charge in [0.1, 0.15) is 6.10 Å². The summed E-state index contributed by atoms with van der Waals surface area (Å²) in [7, 11) is 0. The number of benzene rings is 2. The van der Waals surface area contributed by atoms with E-state index in [1.165, 1.54) is 11.1 Å². The summed E-state index contributed by atoms with van der Waals surface area (Å²) in [5, 5.41) is 0. The maximum atomic E-state index is 6.10. The van der Waals surface area contributed by atoms with Gasteiger partial charge in [-0.25, -0.2) is 0 Å². The Hall–Kier alpha value is -1.68. The molecule has 3 nitrogen and oxygen atoms in total. The number of fused-ring (bicyclic) bond motifs is 1. The highest BCUT2D eigenvalue weighted by atomic mass is 16.6. The molecule has 120 valence electrons. The van der Waals surface area contributed by atoms with E-state index in [9.17, 15) is 0 Å². The molecule has 3 heteroatoms. The smallest absolute Gasteiger partial charge is 0.110 e. The van der Waals surface area contributed by atoms with Gasteiger partial charge in [0.05, 0.1) is 31.5 Å². The van der Waals surface area contributed by atoms with Crippen molar-refractivity contribution < 1.29 is 14.2 Å². The van der Waals surface area contributed by atoms with Gasteiger partial charge < -0.3 is 14.2 Å². The first-order valence-corrected chi connectivity index (χ1v) is 8.35. The lowest BCUT2D eigenvalue weighted by atomic mass is 9.94. The van der Waals surface area contributed by atoms with Crippen LogP contribution in [-0.4, -0.2) is 24.4 Å². The van der Waals surface area contributed by atoms with Crippen LogP contribution >= 0.6 is 0 Å². The van der Waals surface area contributed by atoms with E-state index in [0.29, 0.717) is 19.3 Å². The molecule has 0 aromatic heterocycles. The maximum absolute atomic E-state index is 6.10. The monoisotopic (exact) mass is 310 g/mol. The molecular weight excluding hydrogens is 288 g/mol. The number of hydrogen-bond acceptors (Lipinski definition) is 3. The molecule has 0 spiro atoms. The molecule has 23 heavy (non-hydrogen) atoms. The second-order valence-electron chi connectivity index (χ2n) is 6.36. The first-order chi connectivity index (χ1) is 11.4. The third-order valence-corrected chi connectivity index (χ3v) is 4.61. The molecule has 1 saturated carbocycles. The zero-order valence-corrected chi connectivity index (χ0v) is 13.1. The minimum Gasteiger partial charge on any atom is -0.373 e. The van der Waals surface area contributed by atoms with Crippen LogP contribution in [0.15, 0.2) is 60.7 Å². The summed E-state index contributed by atoms with van der Waals surface area (Å²) in [6.07, 6.45) is 2.87. The Labute approximate surface area is 137 Å². The average Bonchev–Trinajstić information content (AvgIpc) is 3.39. The predicted molar refractivity (Wildman–Crippen MR) is 87.9 cm³/mol. The Kier molecular flexibility index (Phi) is 4.42. The number of ether oxygens (including phenoxy) is 3. The predicted octanol–water partition coefficient (Wildman–Crippen LogP) is 3.72. The highest BCUT2D eigenvalue weighted by Gasteiger charge is 2.51. The topological polar surface area (TPSA) is 31.0 Å². The van der Waals surface area contributed by atoms with Gasteiger partial charge in [-0.1, -0.05) is 60.7 Å². The molecule has 1 aliphatic carbocycles. The van der Waals surface area contributed by atoms with E-state index in [0.717, 1.165) is 12.8 Å². The first-order valence-electron chi connectivity index (χ1n) is 8.35. The van der Waals surface area contributed by atoms with Gasteiger partial charge in [-0.3, -0.25) is 0 Å². The fraction of sp³-hybridized carbons (Fsp3) is 0.400. The summed E-state index contributed by atoms with van der Waals surface area (Å²) in [4.78, 5) is 0. The largest absolute Gasteiger partial charge is 0.373 e. The number of hydrogen-bond donors (Lipinski definition) is 0. The lowest BCUT2D eigenvalue weighted by Gasteiger charge is -2.26. The summed E-state index contributed by atoms with van der Waals surface area (Å²) in [5.74, 6) is 0. The van der Waals surface area contributed by atoms with E-state index < -0.39 is 0 Å². The lowest BCUT2D eigenvalue weighted by Crippen LogP contribution is -2.34. The van der Waals surface area contributed by atoms with Gasteiger partial charge in [0.2, 0.25) is 0 Å². The second-order valence-corrected chi connectivity index (χ2v) is 6.36. The van der Waals surface area contributed by atoms with Crippen LogP contribution in [0.25, 0.3) is 0 Å². The van der Waals surface area contributed by atoms with Gasteiger partial charge in [-0.2, -0.15) is 0 Å². The lowest BCUT2D eigenvalue weighted by molar-refractivity contribution is -0.0470. The van der Waals surface area contributed by atoms with Crippen LogP contribution in [0.5, 0.6) is 0 Å². The summed E-state index contributed by atoms with van der Waals surface area (Å²) in [6.45, 7) is 1.30. The van der Waals surface area contributed by atoms with Crippen molar-refractivity contribution in [3.63, 3.8) is 0 Å². The zero-order chi connectivity index (χ0) is 15.5. The van der Waals surface area contributed by atoms with E-state index in [1.807, 2.05) is 36.4 Å². The highest BCUT2D eigenvalue weighted by Crippen LogP contribution is 2.40. The molecule has 4 rings (SSSR count). The molecule has 2 aliphatic rings. The van der Waals surface area contributed by atoms with E-state index in [-0.39, 0.29) is 18.3 Å². The molecular formula is C20H22O3. The van der Waals surface area contributed by atoms with Gasteiger partial charge in [0.25, 0.3) is 0 Å². The molecule has 1 aliphatic heterocycles. The molecule has 2 aromatic rings. The SMILES string of the molecule is c1ccc(CO[C@H]2CC3O[C@H]3[C@H](OCc3ccccc3)C2)cc1. The third-order valence-electron chi connectivity index (χ3n) is 4.61. The van der Waals surface area contributed by atoms with Crippen molar-refractivity contribution in [3.8, 4) is 0 Å². The highest BCUT2D eigenvalue weighted by molar-refractivity contribution is 5.14. The van der Waals surface area contributed by atoms with Crippen molar-refractivity contribution in [2.75, 3.05) is 0 Å². The van der Waals surface area contributed by atoms with Crippen LogP contribution in [0.1, 0.15) is 24.0 Å². The fourth-order valence-corrected chi connectivity index (χ4v) is 3.29. The fourth-order valence-electron chi connectivity index (χ4n) is 3.29. The molecule has 0 bridgehead atoms. The molecule has 0 radical (unpaired) electrons. The summed E-state index contributed by atoms with van der Waals surface area (Å²) in [5.41, 5.74) is 2.42. The zero-order valence-electron chi connectivity index (χ0n) is 13.1. The molecule has 2 aromatic carbocycles. The minimum absolute atomic E-state index is 0.148. The van der Waals surface area contributed by atoms with Crippen molar-refractivity contribution in [2.24, 2.45) is 0 Å². The van der Waals surface area contributed by atoms with Crippen LogP contribution in [0.3, 0.4) is 0 Å². The molecule has 1 unspecified atom stereocenters. The van der Waals surface area contributed by atoms with E-state index >= 15 is 0 Å². The Bertz CT molecular complexity index is 613. The summed E-state index contributed by atoms with van der Waals surface area (Å²) >= 11 is 0. The van der Waals surface area contributed by atoms with Gasteiger partial charge in [-0.15, -0.1) is 0 Å². The van der Waals surface area contributed by atoms with Crippen LogP contribution in [0, 0.1) is 0 Å². The van der Waals surface area contributed by atoms with Crippen molar-refractivity contribution >= 4 is 0 Å². The standard InChI is InChI=1S/C20H22O3/c1-3-7-15(8-4-1)13-21-17-11-18(20-19(12-17)23-20)22-14-16-9-5-2-6-10-16/h1-10,17-20H,11-14H2/t17-,18-,19?,20+/m1/s1. The van der Waals surface area contributed by atoms with E-state index in [2.05, 4.69) is 24.3 Å². The van der Waals surface area contributed by atoms with E-state index in [1.54, 1.807) is 0 Å². The Morgan fingerprint density at radius 2 is 1.39 bits per heavy atom. The first kappa shape index (κ1) is 14.9. The molecule has 0 amide bonds. The number of rotatable bonds is 6.